The van der Waals surface area contributed by atoms with E-state index in [1.54, 1.807) is 55.8 Å². The van der Waals surface area contributed by atoms with E-state index in [-0.39, 0.29) is 5.82 Å². The van der Waals surface area contributed by atoms with Gasteiger partial charge in [-0.15, -0.1) is 0 Å². The zero-order valence-electron chi connectivity index (χ0n) is 20.4. The monoisotopic (exact) mass is 518 g/mol. The van der Waals surface area contributed by atoms with E-state index in [1.807, 2.05) is 30.3 Å². The van der Waals surface area contributed by atoms with Gasteiger partial charge in [0, 0.05) is 59.7 Å². The molecule has 0 aliphatic rings. The van der Waals surface area contributed by atoms with Crippen LogP contribution >= 0.6 is 0 Å². The van der Waals surface area contributed by atoms with Gasteiger partial charge >= 0.3 is 0 Å². The molecule has 0 aliphatic carbocycles. The molecular formula is C28H14N12. The van der Waals surface area contributed by atoms with Crippen molar-refractivity contribution < 1.29 is 0 Å². The first-order chi connectivity index (χ1) is 19.8. The fraction of sp³-hybridized carbons (Fsp3) is 0. The van der Waals surface area contributed by atoms with Crippen LogP contribution in [0.15, 0.2) is 86.1 Å². The third-order valence-electron chi connectivity index (χ3n) is 6.37. The lowest BCUT2D eigenvalue weighted by Gasteiger charge is -2.11. The number of hydrogen-bond acceptors (Lipinski definition) is 12. The highest BCUT2D eigenvalue weighted by atomic mass is 15.0. The lowest BCUT2D eigenvalue weighted by Crippen LogP contribution is -2.04. The first-order valence-electron chi connectivity index (χ1n) is 12.2. The molecule has 8 rings (SSSR count). The zero-order chi connectivity index (χ0) is 26.5. The van der Waals surface area contributed by atoms with Gasteiger partial charge in [0.1, 0.15) is 11.2 Å². The smallest absolute Gasteiger partial charge is 0.200 e. The van der Waals surface area contributed by atoms with Crippen molar-refractivity contribution in [2.75, 3.05) is 0 Å². The van der Waals surface area contributed by atoms with E-state index in [4.69, 9.17) is 19.9 Å². The molecule has 12 nitrogen and oxygen atoms in total. The quantitative estimate of drug-likeness (QED) is 0.331. The fourth-order valence-corrected chi connectivity index (χ4v) is 4.47. The number of rotatable bonds is 3. The van der Waals surface area contributed by atoms with Gasteiger partial charge in [0.25, 0.3) is 0 Å². The maximum absolute atomic E-state index is 4.90. The van der Waals surface area contributed by atoms with Crippen molar-refractivity contribution in [3.8, 4) is 34.6 Å². The molecular weight excluding hydrogens is 504 g/mol. The minimum Gasteiger partial charge on any atom is -0.264 e. The predicted molar refractivity (Wildman–Crippen MR) is 146 cm³/mol. The molecule has 0 radical (unpaired) electrons. The maximum Gasteiger partial charge on any atom is 0.200 e. The molecule has 0 aromatic carbocycles. The summed E-state index contributed by atoms with van der Waals surface area (Å²) in [6.45, 7) is 0. The number of hydrogen-bond donors (Lipinski definition) is 0. The Morgan fingerprint density at radius 3 is 2.25 bits per heavy atom. The van der Waals surface area contributed by atoms with Crippen LogP contribution in [0.3, 0.4) is 0 Å². The van der Waals surface area contributed by atoms with Crippen molar-refractivity contribution >= 4 is 43.9 Å². The summed E-state index contributed by atoms with van der Waals surface area (Å²) in [7, 11) is 0. The molecule has 186 valence electrons. The Labute approximate surface area is 224 Å². The lowest BCUT2D eigenvalue weighted by atomic mass is 10.1. The van der Waals surface area contributed by atoms with E-state index < -0.39 is 0 Å². The molecule has 8 heterocycles. The Morgan fingerprint density at radius 1 is 0.425 bits per heavy atom. The van der Waals surface area contributed by atoms with Crippen molar-refractivity contribution in [2.45, 2.75) is 0 Å². The normalized spacial score (nSPS) is 11.5. The van der Waals surface area contributed by atoms with E-state index in [1.165, 1.54) is 0 Å². The first kappa shape index (κ1) is 22.0. The van der Waals surface area contributed by atoms with Crippen LogP contribution in [-0.2, 0) is 0 Å². The van der Waals surface area contributed by atoms with Gasteiger partial charge in [-0.3, -0.25) is 15.0 Å². The molecule has 0 saturated heterocycles. The van der Waals surface area contributed by atoms with E-state index in [2.05, 4.69) is 39.9 Å². The van der Waals surface area contributed by atoms with E-state index in [0.717, 1.165) is 16.3 Å². The second-order valence-electron chi connectivity index (χ2n) is 8.81. The first-order valence-corrected chi connectivity index (χ1v) is 12.2. The molecule has 0 fully saturated rings. The van der Waals surface area contributed by atoms with Crippen LogP contribution in [0, 0.1) is 0 Å². The summed E-state index contributed by atoms with van der Waals surface area (Å²) in [5.41, 5.74) is 4.33. The van der Waals surface area contributed by atoms with Gasteiger partial charge in [0.15, 0.2) is 23.1 Å². The van der Waals surface area contributed by atoms with Crippen molar-refractivity contribution in [1.82, 2.24) is 59.8 Å². The third kappa shape index (κ3) is 3.62. The molecule has 8 aromatic rings. The minimum absolute atomic E-state index is 0.278. The highest BCUT2D eigenvalue weighted by Crippen LogP contribution is 2.33. The van der Waals surface area contributed by atoms with Crippen LogP contribution < -0.4 is 0 Å². The largest absolute Gasteiger partial charge is 0.264 e. The molecule has 0 unspecified atom stereocenters. The fourth-order valence-electron chi connectivity index (χ4n) is 4.47. The summed E-state index contributed by atoms with van der Waals surface area (Å²) in [6, 6.07) is 9.22. The van der Waals surface area contributed by atoms with E-state index in [0.29, 0.717) is 56.3 Å². The van der Waals surface area contributed by atoms with E-state index >= 15 is 0 Å². The van der Waals surface area contributed by atoms with Crippen LogP contribution in [0.2, 0.25) is 0 Å². The predicted octanol–water partition coefficient (Wildman–Crippen LogP) is 4.04. The van der Waals surface area contributed by atoms with Crippen molar-refractivity contribution in [3.05, 3.63) is 86.1 Å². The minimum atomic E-state index is 0.278. The van der Waals surface area contributed by atoms with E-state index in [9.17, 15) is 0 Å². The van der Waals surface area contributed by atoms with Crippen LogP contribution in [0.1, 0.15) is 0 Å². The SMILES string of the molecule is c1cnc2cnc(-c3ccnc4nc(-c5ncc6ccncc6n5)nc(-c5ncc6cnccc6n5)c34)nc2c1. The highest BCUT2D eigenvalue weighted by Gasteiger charge is 2.21. The van der Waals surface area contributed by atoms with Gasteiger partial charge < -0.3 is 0 Å². The number of aromatic nitrogens is 12. The molecule has 0 amide bonds. The third-order valence-corrected chi connectivity index (χ3v) is 6.37. The van der Waals surface area contributed by atoms with Crippen LogP contribution in [-0.4, -0.2) is 59.8 Å². The molecule has 0 atom stereocenters. The van der Waals surface area contributed by atoms with Crippen LogP contribution in [0.25, 0.3) is 78.4 Å². The van der Waals surface area contributed by atoms with Crippen molar-refractivity contribution in [2.24, 2.45) is 0 Å². The van der Waals surface area contributed by atoms with Gasteiger partial charge in [-0.05, 0) is 30.3 Å². The Morgan fingerprint density at radius 2 is 1.25 bits per heavy atom. The number of pyridine rings is 4. The summed E-state index contributed by atoms with van der Waals surface area (Å²) in [5.74, 6) is 1.46. The topological polar surface area (TPSA) is 155 Å². The Bertz CT molecular complexity index is 2250. The zero-order valence-corrected chi connectivity index (χ0v) is 20.4. The summed E-state index contributed by atoms with van der Waals surface area (Å²) in [4.78, 5) is 54.8. The summed E-state index contributed by atoms with van der Waals surface area (Å²) >= 11 is 0. The number of nitrogens with zero attached hydrogens (tertiary/aromatic N) is 12. The maximum atomic E-state index is 4.90. The standard InChI is InChI=1S/C28H14N12/c1-2-19-21(31-6-1)14-35-24(37-19)17-4-9-32-25-22(17)23(26-33-12-16-10-29-8-5-18(16)36-26)39-28(40-25)27-34-11-15-3-7-30-13-20(15)38-27/h1-14H. The average Bonchev–Trinajstić information content (AvgIpc) is 3.03. The molecule has 0 bridgehead atoms. The second kappa shape index (κ2) is 8.77. The molecule has 8 aromatic heterocycles. The molecule has 40 heavy (non-hydrogen) atoms. The number of fused-ring (bicyclic) bond motifs is 4. The van der Waals surface area contributed by atoms with Gasteiger partial charge in [-0.2, -0.15) is 0 Å². The van der Waals surface area contributed by atoms with Crippen molar-refractivity contribution in [3.63, 3.8) is 0 Å². The summed E-state index contributed by atoms with van der Waals surface area (Å²) in [5, 5.41) is 2.26. The van der Waals surface area contributed by atoms with Gasteiger partial charge in [-0.25, -0.2) is 44.9 Å². The van der Waals surface area contributed by atoms with Crippen molar-refractivity contribution in [1.29, 1.82) is 0 Å². The Hall–Kier alpha value is -6.04. The second-order valence-corrected chi connectivity index (χ2v) is 8.81. The molecule has 12 heteroatoms. The molecule has 0 N–H and O–H groups in total. The molecule has 0 saturated carbocycles. The Kier molecular flexibility index (Phi) is 4.82. The highest BCUT2D eigenvalue weighted by molar-refractivity contribution is 6.01. The Balaban J connectivity index is 1.42. The van der Waals surface area contributed by atoms with Gasteiger partial charge in [0.05, 0.1) is 34.3 Å². The lowest BCUT2D eigenvalue weighted by molar-refractivity contribution is 1.09. The summed E-state index contributed by atoms with van der Waals surface area (Å²) < 4.78 is 0. The van der Waals surface area contributed by atoms with Crippen LogP contribution in [0.4, 0.5) is 0 Å². The average molecular weight is 519 g/mol. The molecule has 0 aliphatic heterocycles. The van der Waals surface area contributed by atoms with Gasteiger partial charge in [0.2, 0.25) is 5.82 Å². The van der Waals surface area contributed by atoms with Gasteiger partial charge in [-0.1, -0.05) is 0 Å². The molecule has 0 spiro atoms. The van der Waals surface area contributed by atoms with Crippen LogP contribution in [0.5, 0.6) is 0 Å². The summed E-state index contributed by atoms with van der Waals surface area (Å²) in [6.07, 6.45) is 15.2.